The quantitative estimate of drug-likeness (QED) is 0.664. The van der Waals surface area contributed by atoms with Crippen molar-refractivity contribution in [2.45, 2.75) is 6.10 Å². The lowest BCUT2D eigenvalue weighted by atomic mass is 10.1. The van der Waals surface area contributed by atoms with Gasteiger partial charge in [0.25, 0.3) is 0 Å². The predicted molar refractivity (Wildman–Crippen MR) is 45.8 cm³/mol. The fraction of sp³-hybridized carbons (Fsp3) is 0.222. The van der Waals surface area contributed by atoms with E-state index in [-0.39, 0.29) is 12.1 Å². The van der Waals surface area contributed by atoms with Gasteiger partial charge in [-0.15, -0.1) is 0 Å². The zero-order valence-electron chi connectivity index (χ0n) is 6.90. The van der Waals surface area contributed by atoms with Crippen LogP contribution in [0.25, 0.3) is 0 Å². The summed E-state index contributed by atoms with van der Waals surface area (Å²) in [5.74, 6) is -1.32. The molecule has 0 fully saturated rings. The molecule has 0 aromatic heterocycles. The summed E-state index contributed by atoms with van der Waals surface area (Å²) in [6.07, 6.45) is -1.32. The van der Waals surface area contributed by atoms with Crippen molar-refractivity contribution in [3.05, 3.63) is 35.6 Å². The van der Waals surface area contributed by atoms with Crippen LogP contribution in [0.2, 0.25) is 0 Å². The van der Waals surface area contributed by atoms with Crippen molar-refractivity contribution in [2.75, 3.05) is 6.54 Å². The van der Waals surface area contributed by atoms with Gasteiger partial charge in [0.05, 0.1) is 5.56 Å². The number of benzene rings is 1. The molecule has 3 nitrogen and oxygen atoms in total. The van der Waals surface area contributed by atoms with E-state index in [0.29, 0.717) is 0 Å². The van der Waals surface area contributed by atoms with E-state index in [1.165, 1.54) is 18.2 Å². The number of nitrogens with two attached hydrogens (primary N) is 1. The average Bonchev–Trinajstić information content (AvgIpc) is 2.16. The number of halogens is 1. The molecule has 3 N–H and O–H groups in total. The van der Waals surface area contributed by atoms with Crippen LogP contribution in [0.4, 0.5) is 4.39 Å². The van der Waals surface area contributed by atoms with Crippen molar-refractivity contribution in [2.24, 2.45) is 5.73 Å². The second-order valence-electron chi connectivity index (χ2n) is 2.60. The number of carbonyl (C=O) groups excluding carboxylic acids is 1. The van der Waals surface area contributed by atoms with E-state index in [4.69, 9.17) is 10.8 Å². The van der Waals surface area contributed by atoms with Gasteiger partial charge in [-0.1, -0.05) is 12.1 Å². The molecule has 1 unspecified atom stereocenters. The maximum atomic E-state index is 13.0. The minimum atomic E-state index is -1.32. The molecule has 0 bridgehead atoms. The summed E-state index contributed by atoms with van der Waals surface area (Å²) in [4.78, 5) is 11.2. The van der Waals surface area contributed by atoms with Gasteiger partial charge < -0.3 is 10.8 Å². The molecular weight excluding hydrogens is 173 g/mol. The molecule has 0 aliphatic rings. The topological polar surface area (TPSA) is 63.3 Å². The molecule has 0 saturated heterocycles. The number of Topliss-reactive ketones (excluding diaryl/α,β-unsaturated/α-hetero) is 1. The number of aliphatic hydroxyl groups excluding tert-OH is 1. The Morgan fingerprint density at radius 3 is 2.69 bits per heavy atom. The summed E-state index contributed by atoms with van der Waals surface area (Å²) in [5, 5.41) is 9.06. The van der Waals surface area contributed by atoms with Crippen LogP contribution in [0.1, 0.15) is 10.4 Å². The first-order chi connectivity index (χ1) is 6.16. The van der Waals surface area contributed by atoms with E-state index in [9.17, 15) is 9.18 Å². The van der Waals surface area contributed by atoms with Crippen LogP contribution < -0.4 is 5.73 Å². The molecule has 0 heterocycles. The van der Waals surface area contributed by atoms with Gasteiger partial charge in [-0.3, -0.25) is 4.79 Å². The normalized spacial score (nSPS) is 12.5. The van der Waals surface area contributed by atoms with Gasteiger partial charge in [0.1, 0.15) is 11.9 Å². The summed E-state index contributed by atoms with van der Waals surface area (Å²) in [6.45, 7) is -0.201. The van der Waals surface area contributed by atoms with E-state index in [1.54, 1.807) is 0 Å². The van der Waals surface area contributed by atoms with E-state index in [1.807, 2.05) is 0 Å². The predicted octanol–water partition coefficient (Wildman–Crippen LogP) is 0.328. The average molecular weight is 183 g/mol. The molecule has 13 heavy (non-hydrogen) atoms. The van der Waals surface area contributed by atoms with E-state index < -0.39 is 17.7 Å². The Balaban J connectivity index is 2.95. The highest BCUT2D eigenvalue weighted by Gasteiger charge is 2.18. The van der Waals surface area contributed by atoms with Gasteiger partial charge in [-0.05, 0) is 12.1 Å². The van der Waals surface area contributed by atoms with Crippen molar-refractivity contribution >= 4 is 5.78 Å². The summed E-state index contributed by atoms with van der Waals surface area (Å²) in [7, 11) is 0. The Hall–Kier alpha value is -1.26. The van der Waals surface area contributed by atoms with Gasteiger partial charge >= 0.3 is 0 Å². The van der Waals surface area contributed by atoms with Crippen LogP contribution in [0.5, 0.6) is 0 Å². The molecule has 0 saturated carbocycles. The number of aliphatic hydroxyl groups is 1. The summed E-state index contributed by atoms with van der Waals surface area (Å²) in [5.41, 5.74) is 4.94. The lowest BCUT2D eigenvalue weighted by Gasteiger charge is -2.06. The third kappa shape index (κ3) is 2.11. The standard InChI is InChI=1S/C9H10FNO2/c10-7-4-2-1-3-6(7)9(13)8(12)5-11/h1-4,8,12H,5,11H2. The smallest absolute Gasteiger partial charge is 0.195 e. The van der Waals surface area contributed by atoms with Gasteiger partial charge in [-0.25, -0.2) is 4.39 Å². The lowest BCUT2D eigenvalue weighted by Crippen LogP contribution is -2.29. The first-order valence-corrected chi connectivity index (χ1v) is 3.83. The van der Waals surface area contributed by atoms with Gasteiger partial charge in [0, 0.05) is 6.54 Å². The molecule has 4 heteroatoms. The molecule has 0 spiro atoms. The number of ketones is 1. The molecular formula is C9H10FNO2. The van der Waals surface area contributed by atoms with Gasteiger partial charge in [0.2, 0.25) is 0 Å². The van der Waals surface area contributed by atoms with Crippen LogP contribution in [0.15, 0.2) is 24.3 Å². The third-order valence-electron chi connectivity index (χ3n) is 1.67. The van der Waals surface area contributed by atoms with Crippen LogP contribution in [-0.4, -0.2) is 23.5 Å². The van der Waals surface area contributed by atoms with E-state index in [2.05, 4.69) is 0 Å². The molecule has 0 aliphatic heterocycles. The number of carbonyl (C=O) groups is 1. The summed E-state index contributed by atoms with van der Waals surface area (Å²) >= 11 is 0. The maximum Gasteiger partial charge on any atom is 0.195 e. The fourth-order valence-electron chi connectivity index (χ4n) is 0.948. The molecule has 1 atom stereocenters. The Labute approximate surface area is 75.0 Å². The zero-order valence-corrected chi connectivity index (χ0v) is 6.90. The first kappa shape index (κ1) is 9.83. The summed E-state index contributed by atoms with van der Waals surface area (Å²) in [6, 6.07) is 5.48. The zero-order chi connectivity index (χ0) is 9.84. The molecule has 1 rings (SSSR count). The van der Waals surface area contributed by atoms with Crippen LogP contribution in [0.3, 0.4) is 0 Å². The first-order valence-electron chi connectivity index (χ1n) is 3.83. The molecule has 1 aromatic rings. The van der Waals surface area contributed by atoms with Crippen LogP contribution >= 0.6 is 0 Å². The minimum absolute atomic E-state index is 0.125. The monoisotopic (exact) mass is 183 g/mol. The number of rotatable bonds is 3. The van der Waals surface area contributed by atoms with Crippen molar-refractivity contribution in [1.82, 2.24) is 0 Å². The lowest BCUT2D eigenvalue weighted by molar-refractivity contribution is 0.0758. The molecule has 0 radical (unpaired) electrons. The highest BCUT2D eigenvalue weighted by atomic mass is 19.1. The van der Waals surface area contributed by atoms with Gasteiger partial charge in [0.15, 0.2) is 5.78 Å². The highest BCUT2D eigenvalue weighted by Crippen LogP contribution is 2.08. The number of hydrogen-bond acceptors (Lipinski definition) is 3. The Bertz CT molecular complexity index is 314. The molecule has 1 aromatic carbocycles. The second-order valence-corrected chi connectivity index (χ2v) is 2.60. The van der Waals surface area contributed by atoms with Crippen LogP contribution in [0, 0.1) is 5.82 Å². The van der Waals surface area contributed by atoms with Crippen molar-refractivity contribution in [1.29, 1.82) is 0 Å². The number of hydrogen-bond donors (Lipinski definition) is 2. The molecule has 70 valence electrons. The molecule has 0 aliphatic carbocycles. The van der Waals surface area contributed by atoms with E-state index >= 15 is 0 Å². The van der Waals surface area contributed by atoms with Crippen molar-refractivity contribution < 1.29 is 14.3 Å². The second kappa shape index (κ2) is 4.11. The van der Waals surface area contributed by atoms with Crippen LogP contribution in [-0.2, 0) is 0 Å². The molecule has 0 amide bonds. The summed E-state index contributed by atoms with van der Waals surface area (Å²) < 4.78 is 13.0. The van der Waals surface area contributed by atoms with Gasteiger partial charge in [-0.2, -0.15) is 0 Å². The minimum Gasteiger partial charge on any atom is -0.384 e. The Kier molecular flexibility index (Phi) is 3.11. The SMILES string of the molecule is NCC(O)C(=O)c1ccccc1F. The highest BCUT2D eigenvalue weighted by molar-refractivity contribution is 5.99. The van der Waals surface area contributed by atoms with Crippen molar-refractivity contribution in [3.8, 4) is 0 Å². The van der Waals surface area contributed by atoms with Crippen molar-refractivity contribution in [3.63, 3.8) is 0 Å². The largest absolute Gasteiger partial charge is 0.384 e. The fourth-order valence-corrected chi connectivity index (χ4v) is 0.948. The third-order valence-corrected chi connectivity index (χ3v) is 1.67. The van der Waals surface area contributed by atoms with E-state index in [0.717, 1.165) is 6.07 Å². The maximum absolute atomic E-state index is 13.0. The Morgan fingerprint density at radius 2 is 2.15 bits per heavy atom. The Morgan fingerprint density at radius 1 is 1.54 bits per heavy atom.